The predicted molar refractivity (Wildman–Crippen MR) is 62.4 cm³/mol. The second kappa shape index (κ2) is 7.70. The first-order valence-corrected chi connectivity index (χ1v) is 6.93. The number of allylic oxidation sites excluding steroid dienone is 1. The standard InChI is InChI=1S/C12H3F19O2/c13-4(14,2-1-3(32)33)5(15,16)6(17,18)7(19,20)8(21,22)9(23,24)10(25,26)11(27,28)12(29,30)31/h1-2H,(H,32,33)/b2-1+. The zero-order valence-electron chi connectivity index (χ0n) is 14.2. The average molecular weight is 540 g/mol. The van der Waals surface area contributed by atoms with Crippen molar-refractivity contribution in [3.8, 4) is 0 Å². The lowest BCUT2D eigenvalue weighted by Crippen LogP contribution is -2.75. The van der Waals surface area contributed by atoms with Crippen LogP contribution in [0.25, 0.3) is 0 Å². The van der Waals surface area contributed by atoms with Gasteiger partial charge in [0.05, 0.1) is 0 Å². The van der Waals surface area contributed by atoms with Crippen molar-refractivity contribution in [3.05, 3.63) is 12.2 Å². The van der Waals surface area contributed by atoms with E-state index in [1.165, 1.54) is 0 Å². The molecule has 0 radical (unpaired) electrons. The van der Waals surface area contributed by atoms with E-state index in [0.717, 1.165) is 0 Å². The summed E-state index contributed by atoms with van der Waals surface area (Å²) in [6, 6.07) is 0. The molecule has 0 aliphatic heterocycles. The van der Waals surface area contributed by atoms with Crippen LogP contribution < -0.4 is 0 Å². The average Bonchev–Trinajstić information content (AvgIpc) is 2.57. The van der Waals surface area contributed by atoms with E-state index in [1.54, 1.807) is 0 Å². The molecule has 33 heavy (non-hydrogen) atoms. The molecule has 0 aromatic rings. The highest BCUT2D eigenvalue weighted by atomic mass is 19.4. The molecule has 0 saturated carbocycles. The third-order valence-corrected chi connectivity index (χ3v) is 3.58. The summed E-state index contributed by atoms with van der Waals surface area (Å²) >= 11 is 0. The van der Waals surface area contributed by atoms with Crippen LogP contribution in [0.1, 0.15) is 0 Å². The largest absolute Gasteiger partial charge is 0.478 e. The number of carboxylic acid groups (broad SMARTS) is 1. The summed E-state index contributed by atoms with van der Waals surface area (Å²) < 4.78 is 245. The SMILES string of the molecule is O=C(O)/C=C/C(F)(F)C(F)(F)C(F)(F)C(F)(F)C(F)(F)C(F)(F)C(F)(F)C(F)(F)C(F)(F)F. The molecule has 0 spiro atoms. The lowest BCUT2D eigenvalue weighted by atomic mass is 9.87. The Bertz CT molecular complexity index is 774. The van der Waals surface area contributed by atoms with Crippen molar-refractivity contribution < 1.29 is 93.3 Å². The summed E-state index contributed by atoms with van der Waals surface area (Å²) in [4.78, 5) is 9.93. The first-order valence-electron chi connectivity index (χ1n) is 6.93. The number of hydrogen-bond donors (Lipinski definition) is 1. The zero-order valence-corrected chi connectivity index (χ0v) is 14.2. The van der Waals surface area contributed by atoms with Gasteiger partial charge < -0.3 is 5.11 Å². The van der Waals surface area contributed by atoms with E-state index in [0.29, 0.717) is 0 Å². The molecular weight excluding hydrogens is 537 g/mol. The van der Waals surface area contributed by atoms with Crippen LogP contribution in [-0.4, -0.2) is 64.6 Å². The van der Waals surface area contributed by atoms with E-state index in [4.69, 9.17) is 5.11 Å². The summed E-state index contributed by atoms with van der Waals surface area (Å²) in [6.07, 6.45) is -11.0. The molecular formula is C12H3F19O2. The topological polar surface area (TPSA) is 37.3 Å². The Labute approximate surface area is 166 Å². The van der Waals surface area contributed by atoms with Gasteiger partial charge in [0.15, 0.2) is 0 Å². The first-order chi connectivity index (χ1) is 13.9. The smallest absolute Gasteiger partial charge is 0.460 e. The summed E-state index contributed by atoms with van der Waals surface area (Å²) in [7, 11) is 0. The fourth-order valence-corrected chi connectivity index (χ4v) is 1.65. The fourth-order valence-electron chi connectivity index (χ4n) is 1.65. The molecule has 0 saturated heterocycles. The van der Waals surface area contributed by atoms with E-state index < -0.39 is 71.7 Å². The molecule has 21 heteroatoms. The van der Waals surface area contributed by atoms with E-state index >= 15 is 0 Å². The van der Waals surface area contributed by atoms with Crippen molar-refractivity contribution in [2.24, 2.45) is 0 Å². The number of carbonyl (C=O) groups is 1. The normalized spacial score (nSPS) is 16.5. The number of aliphatic carboxylic acids is 1. The first kappa shape index (κ1) is 30.9. The van der Waals surface area contributed by atoms with Crippen molar-refractivity contribution in [3.63, 3.8) is 0 Å². The number of carboxylic acids is 1. The van der Waals surface area contributed by atoms with Crippen LogP contribution in [0, 0.1) is 0 Å². The Morgan fingerprint density at radius 1 is 0.455 bits per heavy atom. The van der Waals surface area contributed by atoms with Gasteiger partial charge >= 0.3 is 59.5 Å². The predicted octanol–water partition coefficient (Wildman–Crippen LogP) is 6.27. The highest BCUT2D eigenvalue weighted by Crippen LogP contribution is 2.65. The second-order valence-electron chi connectivity index (χ2n) is 5.81. The Kier molecular flexibility index (Phi) is 7.21. The molecule has 0 aromatic heterocycles. The molecule has 0 unspecified atom stereocenters. The van der Waals surface area contributed by atoms with E-state index in [1.807, 2.05) is 0 Å². The lowest BCUT2D eigenvalue weighted by molar-refractivity contribution is -0.467. The lowest BCUT2D eigenvalue weighted by Gasteiger charge is -2.43. The molecule has 1 N–H and O–H groups in total. The Balaban J connectivity index is 6.92. The summed E-state index contributed by atoms with van der Waals surface area (Å²) in [5.74, 6) is -70.3. The molecule has 0 rings (SSSR count). The fraction of sp³-hybridized carbons (Fsp3) is 0.750. The third kappa shape index (κ3) is 4.03. The van der Waals surface area contributed by atoms with Crippen LogP contribution in [0.3, 0.4) is 0 Å². The highest BCUT2D eigenvalue weighted by Gasteiger charge is 2.96. The van der Waals surface area contributed by atoms with Gasteiger partial charge in [0.25, 0.3) is 0 Å². The molecule has 0 amide bonds. The van der Waals surface area contributed by atoms with Crippen LogP contribution in [0.5, 0.6) is 0 Å². The van der Waals surface area contributed by atoms with E-state index in [2.05, 4.69) is 0 Å². The molecule has 0 aliphatic carbocycles. The molecule has 0 fully saturated rings. The molecule has 196 valence electrons. The maximum absolute atomic E-state index is 13.3. The number of hydrogen-bond acceptors (Lipinski definition) is 1. The zero-order chi connectivity index (χ0) is 27.5. The maximum atomic E-state index is 13.3. The Morgan fingerprint density at radius 2 is 0.697 bits per heavy atom. The van der Waals surface area contributed by atoms with Gasteiger partial charge in [0.2, 0.25) is 0 Å². The van der Waals surface area contributed by atoms with Crippen molar-refractivity contribution in [2.45, 2.75) is 53.6 Å². The van der Waals surface area contributed by atoms with Crippen molar-refractivity contribution in [1.29, 1.82) is 0 Å². The molecule has 0 atom stereocenters. The Morgan fingerprint density at radius 3 is 0.939 bits per heavy atom. The summed E-state index contributed by atoms with van der Waals surface area (Å²) in [5, 5.41) is 7.91. The van der Waals surface area contributed by atoms with Gasteiger partial charge in [-0.2, -0.15) is 83.4 Å². The minimum Gasteiger partial charge on any atom is -0.478 e. The Hall–Kier alpha value is -2.12. The van der Waals surface area contributed by atoms with Crippen LogP contribution in [0.4, 0.5) is 83.4 Å². The summed E-state index contributed by atoms with van der Waals surface area (Å²) in [6.45, 7) is 0. The van der Waals surface area contributed by atoms with Crippen molar-refractivity contribution in [2.75, 3.05) is 0 Å². The van der Waals surface area contributed by atoms with Gasteiger partial charge in [0, 0.05) is 6.08 Å². The quantitative estimate of drug-likeness (QED) is 0.277. The van der Waals surface area contributed by atoms with Gasteiger partial charge in [-0.05, 0) is 6.08 Å². The number of alkyl halides is 19. The van der Waals surface area contributed by atoms with Crippen LogP contribution in [0.15, 0.2) is 12.2 Å². The van der Waals surface area contributed by atoms with Crippen molar-refractivity contribution in [1.82, 2.24) is 0 Å². The van der Waals surface area contributed by atoms with Gasteiger partial charge in [-0.15, -0.1) is 0 Å². The van der Waals surface area contributed by atoms with Gasteiger partial charge in [-0.1, -0.05) is 0 Å². The minimum atomic E-state index is -9.00. The van der Waals surface area contributed by atoms with Gasteiger partial charge in [-0.3, -0.25) is 0 Å². The second-order valence-corrected chi connectivity index (χ2v) is 5.81. The molecule has 0 aliphatic rings. The minimum absolute atomic E-state index is 1.17. The molecule has 2 nitrogen and oxygen atoms in total. The summed E-state index contributed by atoms with van der Waals surface area (Å²) in [5.41, 5.74) is 0. The van der Waals surface area contributed by atoms with Crippen molar-refractivity contribution >= 4 is 5.97 Å². The molecule has 0 aromatic carbocycles. The molecule has 0 bridgehead atoms. The van der Waals surface area contributed by atoms with Crippen LogP contribution in [-0.2, 0) is 4.79 Å². The number of rotatable bonds is 9. The van der Waals surface area contributed by atoms with Gasteiger partial charge in [0.1, 0.15) is 0 Å². The highest BCUT2D eigenvalue weighted by molar-refractivity contribution is 5.79. The van der Waals surface area contributed by atoms with Gasteiger partial charge in [-0.25, -0.2) is 4.79 Å². The maximum Gasteiger partial charge on any atom is 0.460 e. The van der Waals surface area contributed by atoms with Crippen LogP contribution in [0.2, 0.25) is 0 Å². The third-order valence-electron chi connectivity index (χ3n) is 3.58. The number of halogens is 19. The van der Waals surface area contributed by atoms with E-state index in [-0.39, 0.29) is 0 Å². The van der Waals surface area contributed by atoms with E-state index in [9.17, 15) is 88.2 Å². The molecule has 0 heterocycles. The van der Waals surface area contributed by atoms with Crippen LogP contribution >= 0.6 is 0 Å². The monoisotopic (exact) mass is 540 g/mol.